The lowest BCUT2D eigenvalue weighted by atomic mass is 9.78. The number of aliphatic carboxylic acids is 1. The zero-order valence-electron chi connectivity index (χ0n) is 50.0. The van der Waals surface area contributed by atoms with E-state index in [-0.39, 0.29) is 47.7 Å². The molecular weight excluding hydrogens is 996 g/mol. The van der Waals surface area contributed by atoms with E-state index in [1.165, 1.54) is 111 Å². The zero-order valence-corrected chi connectivity index (χ0v) is 50.9. The standard InChI is InChI=1S/C12H18O2.C11H20O3.C11H16O2.C10H18O2.C5H9N2O4P.4C2H6.CO2/c1-3-7-11(12(13)14-2)10-8-5-4-6-9-10;1-13-8-10(11(12)14-2)9-6-4-3-5-7-9;1-2-6-10(11(12)13)9-7-4-3-5-8-9;1-8(10(11)12-2)9-6-4-3-5-7-9;1-4(8)5(7-6)12(9,10-2)11-3;4*1-2;2-1-3/h1,10-11H,4-9H2,2H3;9-10H,3-8H2,1-2H3;1,9-10H,3-8H2,(H,12,13);8-9H,3-7H2,1-2H3;1-3H3;4*1-2H3;/t11-;2*10-;8-;;;;;;/m0000....../s1. The third-order valence-corrected chi connectivity index (χ3v) is 15.0. The van der Waals surface area contributed by atoms with Gasteiger partial charge in [-0.2, -0.15) is 14.4 Å². The van der Waals surface area contributed by atoms with Crippen molar-refractivity contribution in [2.45, 2.75) is 210 Å². The number of carbonyl (C=O) groups excluding carboxylic acids is 6. The first kappa shape index (κ1) is 82.9. The van der Waals surface area contributed by atoms with Crippen LogP contribution in [0.2, 0.25) is 0 Å². The molecule has 4 aliphatic rings. The highest BCUT2D eigenvalue weighted by molar-refractivity contribution is 7.74. The molecule has 17 nitrogen and oxygen atoms in total. The second kappa shape index (κ2) is 58.2. The number of carbonyl (C=O) groups is 5. The molecular formula is C58H105N2O15P. The van der Waals surface area contributed by atoms with Crippen molar-refractivity contribution >= 4 is 48.9 Å². The van der Waals surface area contributed by atoms with Gasteiger partial charge in [-0.3, -0.25) is 24.0 Å². The summed E-state index contributed by atoms with van der Waals surface area (Å²) in [5, 5.41) is 8.96. The van der Waals surface area contributed by atoms with Crippen molar-refractivity contribution in [3.8, 4) is 24.7 Å². The Labute approximate surface area is 460 Å². The fraction of sp³-hybridized carbons (Fsp3) is 0.810. The van der Waals surface area contributed by atoms with Crippen LogP contribution in [0.5, 0.6) is 0 Å². The largest absolute Gasteiger partial charge is 0.481 e. The highest BCUT2D eigenvalue weighted by Crippen LogP contribution is 2.47. The van der Waals surface area contributed by atoms with Crippen LogP contribution < -0.4 is 0 Å². The molecule has 76 heavy (non-hydrogen) atoms. The van der Waals surface area contributed by atoms with E-state index >= 15 is 0 Å². The van der Waals surface area contributed by atoms with Crippen molar-refractivity contribution < 1.29 is 76.0 Å². The Bertz CT molecular complexity index is 1670. The number of carboxylic acids is 1. The number of esters is 3. The molecule has 1 N–H and O–H groups in total. The number of methoxy groups -OCH3 is 4. The molecule has 0 bridgehead atoms. The summed E-state index contributed by atoms with van der Waals surface area (Å²) in [6.45, 7) is 19.6. The molecule has 0 amide bonds. The van der Waals surface area contributed by atoms with Crippen molar-refractivity contribution in [2.24, 2.45) is 47.3 Å². The number of rotatable bonds is 16. The Morgan fingerprint density at radius 1 is 0.553 bits per heavy atom. The van der Waals surface area contributed by atoms with E-state index < -0.39 is 24.8 Å². The lowest BCUT2D eigenvalue weighted by Gasteiger charge is -2.27. The van der Waals surface area contributed by atoms with Crippen LogP contribution in [0.15, 0.2) is 0 Å². The van der Waals surface area contributed by atoms with E-state index in [2.05, 4.69) is 25.7 Å². The third-order valence-electron chi connectivity index (χ3n) is 13.1. The maximum atomic E-state index is 11.5. The molecule has 442 valence electrons. The Morgan fingerprint density at radius 3 is 1.09 bits per heavy atom. The minimum absolute atomic E-state index is 0.0399. The van der Waals surface area contributed by atoms with E-state index in [1.54, 1.807) is 7.11 Å². The van der Waals surface area contributed by atoms with Gasteiger partial charge in [-0.15, -0.1) is 24.7 Å². The first-order valence-corrected chi connectivity index (χ1v) is 29.3. The van der Waals surface area contributed by atoms with Gasteiger partial charge in [-0.25, -0.2) is 4.57 Å². The maximum Gasteiger partial charge on any atom is 0.446 e. The van der Waals surface area contributed by atoms with Gasteiger partial charge in [0.2, 0.25) is 5.78 Å². The molecule has 4 aliphatic carbocycles. The van der Waals surface area contributed by atoms with Crippen LogP contribution in [0, 0.1) is 72.0 Å². The molecule has 4 rings (SSSR count). The number of ether oxygens (including phenoxy) is 4. The first-order chi connectivity index (χ1) is 36.5. The number of terminal acetylenes is 2. The lowest BCUT2D eigenvalue weighted by Crippen LogP contribution is -2.30. The van der Waals surface area contributed by atoms with Gasteiger partial charge in [0.25, 0.3) is 0 Å². The van der Waals surface area contributed by atoms with E-state index in [4.69, 9.17) is 52.0 Å². The van der Waals surface area contributed by atoms with Crippen LogP contribution >= 0.6 is 7.60 Å². The van der Waals surface area contributed by atoms with Gasteiger partial charge in [-0.05, 0) is 75.0 Å². The average Bonchev–Trinajstić information content (AvgIpc) is 3.48. The maximum absolute atomic E-state index is 11.5. The molecule has 0 radical (unpaired) electrons. The van der Waals surface area contributed by atoms with Crippen molar-refractivity contribution in [3.63, 3.8) is 0 Å². The van der Waals surface area contributed by atoms with Crippen LogP contribution in [-0.4, -0.2) is 100 Å². The second-order valence-corrected chi connectivity index (χ2v) is 19.5. The van der Waals surface area contributed by atoms with Crippen LogP contribution in [0.3, 0.4) is 0 Å². The Balaban J connectivity index is -0.000000192. The molecule has 0 aliphatic heterocycles. The van der Waals surface area contributed by atoms with Gasteiger partial charge >= 0.3 is 43.1 Å². The number of carboxylic acid groups (broad SMARTS) is 1. The fourth-order valence-electron chi connectivity index (χ4n) is 9.22. The summed E-state index contributed by atoms with van der Waals surface area (Å²) in [6.07, 6.45) is 35.6. The second-order valence-electron chi connectivity index (χ2n) is 17.3. The summed E-state index contributed by atoms with van der Waals surface area (Å²) in [5.74, 6) is 4.89. The molecule has 4 atom stereocenters. The first-order valence-electron chi connectivity index (χ1n) is 27.8. The summed E-state index contributed by atoms with van der Waals surface area (Å²) in [6, 6.07) is 0. The molecule has 0 aromatic rings. The van der Waals surface area contributed by atoms with Crippen molar-refractivity contribution in [1.82, 2.24) is 0 Å². The van der Waals surface area contributed by atoms with Crippen molar-refractivity contribution in [2.75, 3.05) is 49.3 Å². The molecule has 18 heteroatoms. The van der Waals surface area contributed by atoms with Crippen LogP contribution in [0.4, 0.5) is 0 Å². The Kier molecular flexibility index (Phi) is 63.5. The van der Waals surface area contributed by atoms with E-state index in [0.717, 1.165) is 59.7 Å². The molecule has 0 aromatic carbocycles. The average molecular weight is 1100 g/mol. The van der Waals surface area contributed by atoms with Crippen molar-refractivity contribution in [1.29, 1.82) is 0 Å². The van der Waals surface area contributed by atoms with E-state index in [9.17, 15) is 28.5 Å². The highest BCUT2D eigenvalue weighted by atomic mass is 31.2. The number of nitrogens with zero attached hydrogens (tertiary/aromatic N) is 2. The predicted molar refractivity (Wildman–Crippen MR) is 300 cm³/mol. The minimum Gasteiger partial charge on any atom is -0.481 e. The van der Waals surface area contributed by atoms with Gasteiger partial charge < -0.3 is 38.6 Å². The number of ketones is 1. The van der Waals surface area contributed by atoms with Gasteiger partial charge in [0.1, 0.15) is 0 Å². The van der Waals surface area contributed by atoms with Gasteiger partial charge in [0.15, 0.2) is 0 Å². The minimum atomic E-state index is -3.70. The van der Waals surface area contributed by atoms with Crippen molar-refractivity contribution in [3.05, 3.63) is 5.53 Å². The number of Topliss-reactive ketones (excluding diaryl/α,β-unsaturated/α-hetero) is 1. The van der Waals surface area contributed by atoms with Crippen LogP contribution in [-0.2, 0) is 66.1 Å². The van der Waals surface area contributed by atoms with Gasteiger partial charge in [0, 0.05) is 41.1 Å². The zero-order chi connectivity index (χ0) is 59.9. The van der Waals surface area contributed by atoms with Crippen LogP contribution in [0.25, 0.3) is 5.53 Å². The summed E-state index contributed by atoms with van der Waals surface area (Å²) in [7, 11) is 4.50. The summed E-state index contributed by atoms with van der Waals surface area (Å²) >= 11 is 0. The number of hydrogen-bond donors (Lipinski definition) is 1. The highest BCUT2D eigenvalue weighted by Gasteiger charge is 2.42. The predicted octanol–water partition coefficient (Wildman–Crippen LogP) is 13.3. The van der Waals surface area contributed by atoms with E-state index in [1.807, 2.05) is 62.3 Å². The molecule has 0 aromatic heterocycles. The van der Waals surface area contributed by atoms with Gasteiger partial charge in [-0.1, -0.05) is 139 Å². The SMILES string of the molecule is C#CC[C@H](C(=O)O)C1CCCCC1.C#CC[C@H](C(=O)OC)C1CCCCC1.CC.CC.CC.CC.COC(=O)[C@@H](C)C1CCCCC1.COC[C@H](C(=O)OC)C1CCCCC1.COP(=O)(OC)C(=[N+]=[N-])C(C)=O.O=C=O. The fourth-order valence-corrected chi connectivity index (χ4v) is 10.2. The lowest BCUT2D eigenvalue weighted by molar-refractivity contribution is -0.192. The smallest absolute Gasteiger partial charge is 0.446 e. The Morgan fingerprint density at radius 2 is 0.842 bits per heavy atom. The van der Waals surface area contributed by atoms with E-state index in [0.29, 0.717) is 43.1 Å². The Hall–Kier alpha value is -4.46. The molecule has 4 fully saturated rings. The monoisotopic (exact) mass is 1100 g/mol. The molecule has 0 unspecified atom stereocenters. The molecule has 0 spiro atoms. The topological polar surface area (TPSA) is 249 Å². The number of hydrogen-bond acceptors (Lipinski definition) is 14. The summed E-state index contributed by atoms with van der Waals surface area (Å²) < 4.78 is 39.6. The summed E-state index contributed by atoms with van der Waals surface area (Å²) in [5.41, 5.74) is 7.73. The van der Waals surface area contributed by atoms with Gasteiger partial charge in [0.05, 0.1) is 51.6 Å². The summed E-state index contributed by atoms with van der Waals surface area (Å²) in [4.78, 5) is 74.6. The third kappa shape index (κ3) is 38.1. The molecule has 0 heterocycles. The van der Waals surface area contributed by atoms with Crippen LogP contribution in [0.1, 0.15) is 210 Å². The molecule has 4 saturated carbocycles. The quantitative estimate of drug-likeness (QED) is 0.0287. The molecule has 0 saturated heterocycles. The normalized spacial score (nSPS) is 16.4.